The van der Waals surface area contributed by atoms with Gasteiger partial charge in [-0.3, -0.25) is 19.7 Å². The largest absolute Gasteiger partial charge is 0.465 e. The van der Waals surface area contributed by atoms with Crippen molar-refractivity contribution in [2.24, 2.45) is 4.99 Å². The van der Waals surface area contributed by atoms with E-state index in [1.807, 2.05) is 0 Å². The number of aromatic nitrogens is 1. The number of nitrogens with zero attached hydrogens (tertiary/aromatic N) is 3. The normalized spacial score (nSPS) is 12.0. The van der Waals surface area contributed by atoms with Gasteiger partial charge in [-0.05, 0) is 25.1 Å². The molecule has 0 aliphatic carbocycles. The van der Waals surface area contributed by atoms with E-state index in [0.717, 1.165) is 39.4 Å². The Balaban J connectivity index is 1.99. The zero-order chi connectivity index (χ0) is 21.8. The molecule has 0 spiro atoms. The lowest BCUT2D eigenvalue weighted by Gasteiger charge is -2.05. The Kier molecular flexibility index (Phi) is 6.47. The van der Waals surface area contributed by atoms with Crippen molar-refractivity contribution in [1.29, 1.82) is 0 Å². The van der Waals surface area contributed by atoms with Crippen LogP contribution in [0.2, 0.25) is 0 Å². The third-order valence-electron chi connectivity index (χ3n) is 3.68. The summed E-state index contributed by atoms with van der Waals surface area (Å²) >= 11 is 1.72. The monoisotopic (exact) mass is 453 g/mol. The number of nitro groups is 1. The summed E-state index contributed by atoms with van der Waals surface area (Å²) in [5.74, 6) is -3.12. The molecule has 0 aliphatic heterocycles. The van der Waals surface area contributed by atoms with Crippen LogP contribution >= 0.6 is 22.7 Å². The zero-order valence-corrected chi connectivity index (χ0v) is 17.0. The lowest BCUT2D eigenvalue weighted by Crippen LogP contribution is -2.23. The molecule has 3 aromatic rings. The maximum absolute atomic E-state index is 14.3. The molecule has 0 N–H and O–H groups in total. The van der Waals surface area contributed by atoms with Crippen LogP contribution < -0.4 is 4.80 Å². The molecule has 1 amide bonds. The molecule has 0 saturated carbocycles. The second kappa shape index (κ2) is 9.05. The number of ether oxygens (including phenoxy) is 1. The quantitative estimate of drug-likeness (QED) is 0.245. The maximum Gasteiger partial charge on any atom is 0.326 e. The number of thiazole rings is 1. The lowest BCUT2D eigenvalue weighted by atomic mass is 10.3. The third kappa shape index (κ3) is 4.83. The second-order valence-electron chi connectivity index (χ2n) is 5.73. The first-order valence-electron chi connectivity index (χ1n) is 8.43. The molecule has 30 heavy (non-hydrogen) atoms. The number of fused-ring (bicyclic) bond motifs is 1. The van der Waals surface area contributed by atoms with Crippen LogP contribution in [0.1, 0.15) is 11.8 Å². The van der Waals surface area contributed by atoms with E-state index in [0.29, 0.717) is 10.9 Å². The lowest BCUT2D eigenvalue weighted by molar-refractivity contribution is -0.380. The summed E-state index contributed by atoms with van der Waals surface area (Å²) in [6.07, 6.45) is 2.44. The molecular formula is C18H13F2N3O5S2. The Morgan fingerprint density at radius 2 is 2.07 bits per heavy atom. The van der Waals surface area contributed by atoms with Gasteiger partial charge in [0.15, 0.2) is 10.6 Å². The van der Waals surface area contributed by atoms with Crippen LogP contribution in [-0.2, 0) is 20.9 Å². The van der Waals surface area contributed by atoms with Gasteiger partial charge < -0.3 is 9.30 Å². The Morgan fingerprint density at radius 3 is 2.73 bits per heavy atom. The van der Waals surface area contributed by atoms with Crippen molar-refractivity contribution in [2.45, 2.75) is 13.5 Å². The highest BCUT2D eigenvalue weighted by atomic mass is 32.1. The number of halogens is 2. The summed E-state index contributed by atoms with van der Waals surface area (Å²) < 4.78 is 34.1. The van der Waals surface area contributed by atoms with Gasteiger partial charge in [-0.1, -0.05) is 22.7 Å². The molecule has 0 radical (unpaired) electrons. The van der Waals surface area contributed by atoms with Gasteiger partial charge >= 0.3 is 11.0 Å². The number of amides is 1. The van der Waals surface area contributed by atoms with Crippen molar-refractivity contribution in [3.63, 3.8) is 0 Å². The molecule has 3 rings (SSSR count). The van der Waals surface area contributed by atoms with Crippen LogP contribution in [-0.4, -0.2) is 28.0 Å². The number of thiophene rings is 1. The van der Waals surface area contributed by atoms with Crippen molar-refractivity contribution in [3.05, 3.63) is 61.8 Å². The summed E-state index contributed by atoms with van der Waals surface area (Å²) in [6, 6.07) is 4.54. The average molecular weight is 453 g/mol. The molecule has 0 bridgehead atoms. The molecule has 0 unspecified atom stereocenters. The topological polar surface area (TPSA) is 104 Å². The van der Waals surface area contributed by atoms with E-state index in [4.69, 9.17) is 4.74 Å². The fourth-order valence-corrected chi connectivity index (χ4v) is 4.31. The van der Waals surface area contributed by atoms with Gasteiger partial charge in [0.1, 0.15) is 12.4 Å². The summed E-state index contributed by atoms with van der Waals surface area (Å²) in [5, 5.41) is 10.6. The number of esters is 1. The summed E-state index contributed by atoms with van der Waals surface area (Å²) in [7, 11) is 0. The van der Waals surface area contributed by atoms with Gasteiger partial charge in [-0.2, -0.15) is 4.99 Å². The minimum Gasteiger partial charge on any atom is -0.465 e. The number of carbonyl (C=O) groups is 2. The van der Waals surface area contributed by atoms with E-state index < -0.39 is 35.0 Å². The number of rotatable bonds is 6. The van der Waals surface area contributed by atoms with Crippen LogP contribution in [0.15, 0.2) is 35.3 Å². The molecule has 0 aliphatic rings. The van der Waals surface area contributed by atoms with E-state index in [2.05, 4.69) is 4.99 Å². The van der Waals surface area contributed by atoms with Gasteiger partial charge in [0, 0.05) is 23.1 Å². The number of benzene rings is 1. The molecule has 2 aromatic heterocycles. The maximum atomic E-state index is 14.3. The molecule has 0 fully saturated rings. The van der Waals surface area contributed by atoms with Crippen molar-refractivity contribution >= 4 is 55.8 Å². The minimum atomic E-state index is -0.902. The van der Waals surface area contributed by atoms with Crippen LogP contribution in [0.5, 0.6) is 0 Å². The van der Waals surface area contributed by atoms with E-state index in [-0.39, 0.29) is 26.6 Å². The minimum absolute atomic E-state index is 0.0191. The van der Waals surface area contributed by atoms with Gasteiger partial charge in [-0.25, -0.2) is 8.78 Å². The van der Waals surface area contributed by atoms with Crippen molar-refractivity contribution in [1.82, 2.24) is 4.57 Å². The van der Waals surface area contributed by atoms with Gasteiger partial charge in [-0.15, -0.1) is 0 Å². The van der Waals surface area contributed by atoms with Crippen LogP contribution in [0, 0.1) is 21.7 Å². The highest BCUT2D eigenvalue weighted by Crippen LogP contribution is 2.25. The Labute approximate surface area is 175 Å². The van der Waals surface area contributed by atoms with Gasteiger partial charge in [0.25, 0.3) is 5.91 Å². The summed E-state index contributed by atoms with van der Waals surface area (Å²) in [6.45, 7) is 1.31. The predicted octanol–water partition coefficient (Wildman–Crippen LogP) is 3.65. The fraction of sp³-hybridized carbons (Fsp3) is 0.167. The van der Waals surface area contributed by atoms with E-state index in [9.17, 15) is 28.5 Å². The van der Waals surface area contributed by atoms with E-state index >= 15 is 0 Å². The molecular weight excluding hydrogens is 440 g/mol. The van der Waals surface area contributed by atoms with Crippen molar-refractivity contribution in [3.8, 4) is 0 Å². The van der Waals surface area contributed by atoms with Gasteiger partial charge in [0.05, 0.1) is 21.7 Å². The van der Waals surface area contributed by atoms with Crippen LogP contribution in [0.25, 0.3) is 16.3 Å². The summed E-state index contributed by atoms with van der Waals surface area (Å²) in [4.78, 5) is 38.6. The van der Waals surface area contributed by atoms with Crippen molar-refractivity contribution in [2.75, 3.05) is 6.61 Å². The fourth-order valence-electron chi connectivity index (χ4n) is 2.51. The first-order valence-corrected chi connectivity index (χ1v) is 10.1. The third-order valence-corrected chi connectivity index (χ3v) is 5.70. The molecule has 0 saturated heterocycles. The highest BCUT2D eigenvalue weighted by molar-refractivity contribution is 7.16. The highest BCUT2D eigenvalue weighted by Gasteiger charge is 2.16. The standard InChI is InChI=1S/C18H13F2N3O5S2/c1-2-28-16(25)9-22-17-12(20)7-10(19)8-13(17)30-18(22)21-14(24)5-3-11-4-6-15(29-11)23(26)27/h3-8H,2,9H2,1H3. The average Bonchev–Trinajstić information content (AvgIpc) is 3.26. The van der Waals surface area contributed by atoms with Gasteiger partial charge in [0.2, 0.25) is 0 Å². The second-order valence-corrected chi connectivity index (χ2v) is 7.83. The number of hydrogen-bond donors (Lipinski definition) is 0. The molecule has 0 atom stereocenters. The zero-order valence-electron chi connectivity index (χ0n) is 15.3. The van der Waals surface area contributed by atoms with Crippen LogP contribution in [0.3, 0.4) is 0 Å². The van der Waals surface area contributed by atoms with E-state index in [1.165, 1.54) is 18.2 Å². The molecule has 2 heterocycles. The van der Waals surface area contributed by atoms with Crippen molar-refractivity contribution < 1.29 is 28.0 Å². The SMILES string of the molecule is CCOC(=O)Cn1c(=NC(=O)C=Cc2ccc([N+](=O)[O-])s2)sc2cc(F)cc(F)c21. The number of carbonyl (C=O) groups excluding carboxylic acids is 2. The first kappa shape index (κ1) is 21.5. The first-order chi connectivity index (χ1) is 14.3. The molecule has 8 nitrogen and oxygen atoms in total. The van der Waals surface area contributed by atoms with Crippen LogP contribution in [0.4, 0.5) is 13.8 Å². The predicted molar refractivity (Wildman–Crippen MR) is 107 cm³/mol. The number of hydrogen-bond acceptors (Lipinski definition) is 7. The molecule has 156 valence electrons. The molecule has 12 heteroatoms. The summed E-state index contributed by atoms with van der Waals surface area (Å²) in [5.41, 5.74) is -0.0705. The Morgan fingerprint density at radius 1 is 1.30 bits per heavy atom. The van der Waals surface area contributed by atoms with E-state index in [1.54, 1.807) is 6.92 Å². The Bertz CT molecular complexity index is 1240. The smallest absolute Gasteiger partial charge is 0.326 e. The Hall–Kier alpha value is -3.25. The molecule has 1 aromatic carbocycles.